The van der Waals surface area contributed by atoms with Crippen LogP contribution in [0.4, 0.5) is 0 Å². The topological polar surface area (TPSA) is 15.3 Å². The molecular weight excluding hydrogens is 160 g/mol. The van der Waals surface area contributed by atoms with Crippen LogP contribution in [0.1, 0.15) is 25.7 Å². The van der Waals surface area contributed by atoms with Gasteiger partial charge in [-0.25, -0.2) is 0 Å². The summed E-state index contributed by atoms with van der Waals surface area (Å²) in [7, 11) is 0. The lowest BCUT2D eigenvalue weighted by Gasteiger charge is -2.16. The molecule has 1 aliphatic carbocycles. The number of hydrogen-bond acceptors (Lipinski definition) is 2. The fourth-order valence-electron chi connectivity index (χ4n) is 2.89. The lowest BCUT2D eigenvalue weighted by Crippen LogP contribution is -2.30. The number of rotatable bonds is 3. The average Bonchev–Trinajstić information content (AvgIpc) is 2.71. The molecule has 0 aromatic heterocycles. The normalized spacial score (nSPS) is 39.7. The van der Waals surface area contributed by atoms with Crippen LogP contribution in [0.2, 0.25) is 0 Å². The third-order valence-corrected chi connectivity index (χ3v) is 3.99. The predicted molar refractivity (Wildman–Crippen MR) is 53.7 cm³/mol. The largest absolute Gasteiger partial charge is 0.312 e. The van der Waals surface area contributed by atoms with Crippen LogP contribution in [-0.4, -0.2) is 37.1 Å². The van der Waals surface area contributed by atoms with Crippen molar-refractivity contribution in [3.8, 4) is 0 Å². The first-order valence-electron chi connectivity index (χ1n) is 5.87. The molecule has 1 N–H and O–H groups in total. The summed E-state index contributed by atoms with van der Waals surface area (Å²) in [5.74, 6) is 2.09. The lowest BCUT2D eigenvalue weighted by molar-refractivity contribution is 0.304. The third kappa shape index (κ3) is 1.75. The zero-order chi connectivity index (χ0) is 8.67. The Hall–Kier alpha value is -0.0800. The molecule has 1 saturated carbocycles. The smallest absolute Gasteiger partial charge is 0.0235 e. The van der Waals surface area contributed by atoms with Gasteiger partial charge in [0.1, 0.15) is 0 Å². The highest BCUT2D eigenvalue weighted by atomic mass is 15.2. The minimum absolute atomic E-state index is 0.846. The Morgan fingerprint density at radius 1 is 1.15 bits per heavy atom. The van der Waals surface area contributed by atoms with E-state index in [0.29, 0.717) is 0 Å². The van der Waals surface area contributed by atoms with E-state index in [1.165, 1.54) is 51.9 Å². The average molecular weight is 180 g/mol. The van der Waals surface area contributed by atoms with Crippen molar-refractivity contribution in [2.45, 2.75) is 31.7 Å². The van der Waals surface area contributed by atoms with Gasteiger partial charge in [-0.1, -0.05) is 12.8 Å². The van der Waals surface area contributed by atoms with E-state index in [0.717, 1.165) is 17.9 Å². The van der Waals surface area contributed by atoms with Crippen molar-refractivity contribution in [3.63, 3.8) is 0 Å². The van der Waals surface area contributed by atoms with E-state index in [1.807, 2.05) is 0 Å². The van der Waals surface area contributed by atoms with Crippen molar-refractivity contribution < 1.29 is 0 Å². The van der Waals surface area contributed by atoms with Gasteiger partial charge in [0.2, 0.25) is 0 Å². The molecular formula is C11H20N2. The van der Waals surface area contributed by atoms with Crippen molar-refractivity contribution in [2.24, 2.45) is 11.8 Å². The first-order valence-corrected chi connectivity index (χ1v) is 5.87. The van der Waals surface area contributed by atoms with Gasteiger partial charge in [-0.3, -0.25) is 0 Å². The number of likely N-dealkylation sites (tertiary alicyclic amines) is 1. The quantitative estimate of drug-likeness (QED) is 0.699. The number of hydrogen-bond donors (Lipinski definition) is 1. The van der Waals surface area contributed by atoms with Crippen molar-refractivity contribution in [1.29, 1.82) is 0 Å². The summed E-state index contributed by atoms with van der Waals surface area (Å²) in [6.07, 6.45) is 5.92. The first-order chi connectivity index (χ1) is 6.42. The van der Waals surface area contributed by atoms with E-state index in [9.17, 15) is 0 Å². The Balaban J connectivity index is 1.46. The van der Waals surface area contributed by atoms with Gasteiger partial charge in [0, 0.05) is 19.1 Å². The second kappa shape index (κ2) is 3.25. The van der Waals surface area contributed by atoms with Crippen LogP contribution < -0.4 is 5.32 Å². The molecule has 2 heterocycles. The molecule has 3 aliphatic rings. The summed E-state index contributed by atoms with van der Waals surface area (Å²) in [5.41, 5.74) is 0. The Morgan fingerprint density at radius 2 is 2.08 bits per heavy atom. The number of nitrogens with one attached hydrogen (secondary N) is 1. The lowest BCUT2D eigenvalue weighted by atomic mass is 10.1. The minimum Gasteiger partial charge on any atom is -0.312 e. The van der Waals surface area contributed by atoms with Crippen LogP contribution in [-0.2, 0) is 0 Å². The van der Waals surface area contributed by atoms with E-state index in [4.69, 9.17) is 0 Å². The van der Waals surface area contributed by atoms with Gasteiger partial charge in [0.25, 0.3) is 0 Å². The molecule has 0 aromatic rings. The molecule has 0 spiro atoms. The summed E-state index contributed by atoms with van der Waals surface area (Å²) in [6.45, 7) is 5.35. The van der Waals surface area contributed by atoms with Crippen molar-refractivity contribution in [1.82, 2.24) is 10.2 Å². The van der Waals surface area contributed by atoms with Crippen molar-refractivity contribution >= 4 is 0 Å². The number of fused-ring (bicyclic) bond motifs is 1. The molecule has 0 amide bonds. The maximum atomic E-state index is 3.61. The second-order valence-corrected chi connectivity index (χ2v) is 5.10. The molecule has 2 aliphatic heterocycles. The Morgan fingerprint density at radius 3 is 2.85 bits per heavy atom. The summed E-state index contributed by atoms with van der Waals surface area (Å²) >= 11 is 0. The van der Waals surface area contributed by atoms with Crippen LogP contribution >= 0.6 is 0 Å². The molecule has 0 radical (unpaired) electrons. The Kier molecular flexibility index (Phi) is 2.06. The standard InChI is InChI=1S/C11H20N2/c1-2-9(1)4-6-13-7-10-3-5-12-11(10)8-13/h9-12H,1-8H2/t10-,11+/m0/s1. The van der Waals surface area contributed by atoms with Gasteiger partial charge in [-0.2, -0.15) is 0 Å². The fourth-order valence-corrected chi connectivity index (χ4v) is 2.89. The van der Waals surface area contributed by atoms with Crippen molar-refractivity contribution in [3.05, 3.63) is 0 Å². The maximum Gasteiger partial charge on any atom is 0.0235 e. The molecule has 0 unspecified atom stereocenters. The molecule has 13 heavy (non-hydrogen) atoms. The van der Waals surface area contributed by atoms with Gasteiger partial charge in [0.05, 0.1) is 0 Å². The summed E-state index contributed by atoms with van der Waals surface area (Å²) < 4.78 is 0. The summed E-state index contributed by atoms with van der Waals surface area (Å²) in [4.78, 5) is 2.68. The van der Waals surface area contributed by atoms with E-state index < -0.39 is 0 Å². The molecule has 2 saturated heterocycles. The molecule has 3 fully saturated rings. The van der Waals surface area contributed by atoms with Gasteiger partial charge in [-0.05, 0) is 37.8 Å². The van der Waals surface area contributed by atoms with E-state index >= 15 is 0 Å². The zero-order valence-electron chi connectivity index (χ0n) is 8.34. The summed E-state index contributed by atoms with van der Waals surface area (Å²) in [6, 6.07) is 0.846. The SMILES string of the molecule is C1C[C@H]2CN(CCC3CC3)C[C@H]2N1. The van der Waals surface area contributed by atoms with Gasteiger partial charge >= 0.3 is 0 Å². The van der Waals surface area contributed by atoms with Crippen LogP contribution in [0.15, 0.2) is 0 Å². The monoisotopic (exact) mass is 180 g/mol. The Labute approximate surface area is 80.7 Å². The zero-order valence-corrected chi connectivity index (χ0v) is 8.34. The van der Waals surface area contributed by atoms with Crippen LogP contribution in [0.25, 0.3) is 0 Å². The molecule has 0 bridgehead atoms. The summed E-state index contributed by atoms with van der Waals surface area (Å²) in [5, 5.41) is 3.61. The molecule has 0 aromatic carbocycles. The minimum atomic E-state index is 0.846. The molecule has 2 atom stereocenters. The third-order valence-electron chi connectivity index (χ3n) is 3.99. The van der Waals surface area contributed by atoms with Gasteiger partial charge in [-0.15, -0.1) is 0 Å². The first kappa shape index (κ1) is 8.25. The highest BCUT2D eigenvalue weighted by molar-refractivity contribution is 4.94. The molecule has 2 heteroatoms. The maximum absolute atomic E-state index is 3.61. The fraction of sp³-hybridized carbons (Fsp3) is 1.00. The van der Waals surface area contributed by atoms with E-state index in [2.05, 4.69) is 10.2 Å². The number of nitrogens with zero attached hydrogens (tertiary/aromatic N) is 1. The van der Waals surface area contributed by atoms with E-state index in [-0.39, 0.29) is 0 Å². The van der Waals surface area contributed by atoms with Gasteiger partial charge in [0.15, 0.2) is 0 Å². The predicted octanol–water partition coefficient (Wildman–Crippen LogP) is 1.08. The highest BCUT2D eigenvalue weighted by Crippen LogP contribution is 2.33. The van der Waals surface area contributed by atoms with Crippen LogP contribution in [0.3, 0.4) is 0 Å². The van der Waals surface area contributed by atoms with E-state index in [1.54, 1.807) is 0 Å². The molecule has 3 rings (SSSR count). The Bertz CT molecular complexity index is 177. The second-order valence-electron chi connectivity index (χ2n) is 5.10. The highest BCUT2D eigenvalue weighted by Gasteiger charge is 2.36. The van der Waals surface area contributed by atoms with Gasteiger partial charge < -0.3 is 10.2 Å². The van der Waals surface area contributed by atoms with Crippen molar-refractivity contribution in [2.75, 3.05) is 26.2 Å². The molecule has 2 nitrogen and oxygen atoms in total. The van der Waals surface area contributed by atoms with Crippen LogP contribution in [0.5, 0.6) is 0 Å². The van der Waals surface area contributed by atoms with Crippen LogP contribution in [0, 0.1) is 11.8 Å². The molecule has 74 valence electrons.